The molecule has 2 fully saturated rings. The third kappa shape index (κ3) is 3.64. The molecular formula is C16H18ClFN2O3. The van der Waals surface area contributed by atoms with E-state index in [0.717, 1.165) is 12.0 Å². The van der Waals surface area contributed by atoms with Crippen LogP contribution < -0.4 is 0 Å². The Morgan fingerprint density at radius 3 is 2.91 bits per heavy atom. The van der Waals surface area contributed by atoms with E-state index < -0.39 is 5.82 Å². The van der Waals surface area contributed by atoms with Gasteiger partial charge in [-0.2, -0.15) is 0 Å². The van der Waals surface area contributed by atoms with E-state index in [4.69, 9.17) is 16.3 Å². The Balaban J connectivity index is 1.64. The third-order valence-electron chi connectivity index (χ3n) is 4.23. The SMILES string of the molecule is O=C1CCCN1CC(=O)N1CCOC(c2ccc(F)c(Cl)c2)C1. The lowest BCUT2D eigenvalue weighted by Crippen LogP contribution is -2.46. The number of rotatable bonds is 3. The second-order valence-corrected chi connectivity index (χ2v) is 6.20. The van der Waals surface area contributed by atoms with Gasteiger partial charge < -0.3 is 14.5 Å². The molecule has 1 unspecified atom stereocenters. The van der Waals surface area contributed by atoms with Gasteiger partial charge in [-0.1, -0.05) is 17.7 Å². The van der Waals surface area contributed by atoms with Crippen LogP contribution >= 0.6 is 11.6 Å². The highest BCUT2D eigenvalue weighted by molar-refractivity contribution is 6.30. The highest BCUT2D eigenvalue weighted by Crippen LogP contribution is 2.26. The zero-order valence-electron chi connectivity index (χ0n) is 12.6. The van der Waals surface area contributed by atoms with Crippen molar-refractivity contribution in [2.24, 2.45) is 0 Å². The Morgan fingerprint density at radius 1 is 1.39 bits per heavy atom. The summed E-state index contributed by atoms with van der Waals surface area (Å²) in [6.45, 7) is 2.04. The standard InChI is InChI=1S/C16H18ClFN2O3/c17-12-8-11(3-4-13(12)18)14-9-20(6-7-23-14)16(22)10-19-5-1-2-15(19)21/h3-4,8,14H,1-2,5-7,9-10H2. The fourth-order valence-electron chi connectivity index (χ4n) is 2.92. The number of ether oxygens (including phenoxy) is 1. The normalized spacial score (nSPS) is 21.8. The lowest BCUT2D eigenvalue weighted by Gasteiger charge is -2.34. The van der Waals surface area contributed by atoms with Crippen LogP contribution in [0.25, 0.3) is 0 Å². The van der Waals surface area contributed by atoms with Gasteiger partial charge in [0.2, 0.25) is 11.8 Å². The molecule has 0 radical (unpaired) electrons. The van der Waals surface area contributed by atoms with Crippen LogP contribution in [0, 0.1) is 5.82 Å². The number of morpholine rings is 1. The van der Waals surface area contributed by atoms with Gasteiger partial charge in [0.15, 0.2) is 0 Å². The number of amides is 2. The van der Waals surface area contributed by atoms with E-state index in [9.17, 15) is 14.0 Å². The van der Waals surface area contributed by atoms with Crippen LogP contribution in [0.5, 0.6) is 0 Å². The zero-order valence-corrected chi connectivity index (χ0v) is 13.4. The minimum atomic E-state index is -0.480. The Bertz CT molecular complexity index is 625. The average molecular weight is 341 g/mol. The summed E-state index contributed by atoms with van der Waals surface area (Å²) in [7, 11) is 0. The zero-order chi connectivity index (χ0) is 16.4. The largest absolute Gasteiger partial charge is 0.370 e. The molecule has 1 aromatic carbocycles. The minimum Gasteiger partial charge on any atom is -0.370 e. The van der Waals surface area contributed by atoms with Crippen LogP contribution in [0.4, 0.5) is 4.39 Å². The van der Waals surface area contributed by atoms with E-state index >= 15 is 0 Å². The summed E-state index contributed by atoms with van der Waals surface area (Å²) in [6, 6.07) is 4.44. The van der Waals surface area contributed by atoms with Crippen molar-refractivity contribution >= 4 is 23.4 Å². The molecule has 1 atom stereocenters. The van der Waals surface area contributed by atoms with Gasteiger partial charge in [-0.15, -0.1) is 0 Å². The second kappa shape index (κ2) is 6.84. The predicted molar refractivity (Wildman–Crippen MR) is 82.5 cm³/mol. The van der Waals surface area contributed by atoms with Crippen molar-refractivity contribution < 1.29 is 18.7 Å². The minimum absolute atomic E-state index is 0.0356. The smallest absolute Gasteiger partial charge is 0.242 e. The molecule has 0 spiro atoms. The molecule has 124 valence electrons. The summed E-state index contributed by atoms with van der Waals surface area (Å²) in [4.78, 5) is 27.3. The van der Waals surface area contributed by atoms with Crippen molar-refractivity contribution in [3.63, 3.8) is 0 Å². The Labute approximate surface area is 138 Å². The van der Waals surface area contributed by atoms with Gasteiger partial charge in [-0.05, 0) is 24.1 Å². The number of benzene rings is 1. The van der Waals surface area contributed by atoms with Crippen LogP contribution in [0.3, 0.4) is 0 Å². The van der Waals surface area contributed by atoms with Crippen molar-refractivity contribution in [3.05, 3.63) is 34.6 Å². The molecule has 0 saturated carbocycles. The van der Waals surface area contributed by atoms with Crippen molar-refractivity contribution in [2.45, 2.75) is 18.9 Å². The van der Waals surface area contributed by atoms with Crippen molar-refractivity contribution in [3.8, 4) is 0 Å². The fraction of sp³-hybridized carbons (Fsp3) is 0.500. The fourth-order valence-corrected chi connectivity index (χ4v) is 3.11. The van der Waals surface area contributed by atoms with E-state index in [1.165, 1.54) is 12.1 Å². The maximum atomic E-state index is 13.3. The Kier molecular flexibility index (Phi) is 4.82. The van der Waals surface area contributed by atoms with E-state index in [2.05, 4.69) is 0 Å². The number of hydrogen-bond acceptors (Lipinski definition) is 3. The van der Waals surface area contributed by atoms with Crippen LogP contribution in [-0.2, 0) is 14.3 Å². The Morgan fingerprint density at radius 2 is 2.22 bits per heavy atom. The molecule has 0 bridgehead atoms. The lowest BCUT2D eigenvalue weighted by atomic mass is 10.1. The van der Waals surface area contributed by atoms with Gasteiger partial charge in [-0.3, -0.25) is 9.59 Å². The first-order valence-corrected chi connectivity index (χ1v) is 8.04. The molecule has 23 heavy (non-hydrogen) atoms. The summed E-state index contributed by atoms with van der Waals surface area (Å²) < 4.78 is 18.9. The molecule has 2 saturated heterocycles. The summed E-state index contributed by atoms with van der Waals surface area (Å²) in [6.07, 6.45) is 0.999. The molecule has 3 rings (SSSR count). The second-order valence-electron chi connectivity index (χ2n) is 5.79. The number of carbonyl (C=O) groups excluding carboxylic acids is 2. The maximum Gasteiger partial charge on any atom is 0.242 e. The van der Waals surface area contributed by atoms with E-state index in [0.29, 0.717) is 32.7 Å². The number of hydrogen-bond donors (Lipinski definition) is 0. The molecule has 2 aliphatic heterocycles. The molecule has 0 aliphatic carbocycles. The van der Waals surface area contributed by atoms with Crippen molar-refractivity contribution in [2.75, 3.05) is 32.8 Å². The lowest BCUT2D eigenvalue weighted by molar-refractivity contribution is -0.143. The van der Waals surface area contributed by atoms with Gasteiger partial charge >= 0.3 is 0 Å². The van der Waals surface area contributed by atoms with E-state index in [1.807, 2.05) is 0 Å². The van der Waals surface area contributed by atoms with Gasteiger partial charge in [0, 0.05) is 19.5 Å². The highest BCUT2D eigenvalue weighted by atomic mass is 35.5. The molecule has 2 aliphatic rings. The van der Waals surface area contributed by atoms with Gasteiger partial charge in [0.1, 0.15) is 11.9 Å². The number of carbonyl (C=O) groups is 2. The molecule has 1 aromatic rings. The molecule has 2 heterocycles. The van der Waals surface area contributed by atoms with Crippen LogP contribution in [0.2, 0.25) is 5.02 Å². The molecular weight excluding hydrogens is 323 g/mol. The molecule has 0 aromatic heterocycles. The monoisotopic (exact) mass is 340 g/mol. The average Bonchev–Trinajstić information content (AvgIpc) is 2.95. The summed E-state index contributed by atoms with van der Waals surface area (Å²) in [5, 5.41) is 0.0391. The van der Waals surface area contributed by atoms with Gasteiger partial charge in [0.25, 0.3) is 0 Å². The van der Waals surface area contributed by atoms with Crippen LogP contribution in [0.1, 0.15) is 24.5 Å². The first-order valence-electron chi connectivity index (χ1n) is 7.66. The molecule has 0 N–H and O–H groups in total. The Hall–Kier alpha value is -1.66. The predicted octanol–water partition coefficient (Wildman–Crippen LogP) is 2.00. The third-order valence-corrected chi connectivity index (χ3v) is 4.52. The van der Waals surface area contributed by atoms with Gasteiger partial charge in [0.05, 0.1) is 24.7 Å². The van der Waals surface area contributed by atoms with Crippen molar-refractivity contribution in [1.29, 1.82) is 0 Å². The van der Waals surface area contributed by atoms with Crippen molar-refractivity contribution in [1.82, 2.24) is 9.80 Å². The first-order chi connectivity index (χ1) is 11.0. The van der Waals surface area contributed by atoms with E-state index in [-0.39, 0.29) is 29.5 Å². The molecule has 7 heteroatoms. The topological polar surface area (TPSA) is 49.9 Å². The highest BCUT2D eigenvalue weighted by Gasteiger charge is 2.29. The quantitative estimate of drug-likeness (QED) is 0.845. The van der Waals surface area contributed by atoms with Crippen LogP contribution in [0.15, 0.2) is 18.2 Å². The number of likely N-dealkylation sites (tertiary alicyclic amines) is 1. The summed E-state index contributed by atoms with van der Waals surface area (Å²) >= 11 is 5.81. The number of nitrogens with zero attached hydrogens (tertiary/aromatic N) is 2. The summed E-state index contributed by atoms with van der Waals surface area (Å²) in [5.41, 5.74) is 0.742. The van der Waals surface area contributed by atoms with Gasteiger partial charge in [-0.25, -0.2) is 4.39 Å². The van der Waals surface area contributed by atoms with E-state index in [1.54, 1.807) is 15.9 Å². The summed E-state index contributed by atoms with van der Waals surface area (Å²) in [5.74, 6) is -0.526. The molecule has 2 amide bonds. The maximum absolute atomic E-state index is 13.3. The molecule has 5 nitrogen and oxygen atoms in total. The first kappa shape index (κ1) is 16.2. The number of halogens is 2. The van der Waals surface area contributed by atoms with Crippen LogP contribution in [-0.4, -0.2) is 54.4 Å².